The first-order valence-electron chi connectivity index (χ1n) is 6.65. The molecule has 2 aromatic rings. The van der Waals surface area contributed by atoms with E-state index >= 15 is 0 Å². The number of carbonyl (C=O) groups is 1. The molecule has 1 heterocycles. The number of amides is 1. The second-order valence-electron chi connectivity index (χ2n) is 4.42. The molecule has 0 atom stereocenters. The van der Waals surface area contributed by atoms with Gasteiger partial charge in [0.1, 0.15) is 4.88 Å². The van der Waals surface area contributed by atoms with Crippen LogP contribution in [0.3, 0.4) is 0 Å². The van der Waals surface area contributed by atoms with Crippen LogP contribution >= 0.6 is 11.3 Å². The van der Waals surface area contributed by atoms with E-state index in [1.54, 1.807) is 0 Å². The van der Waals surface area contributed by atoms with Crippen molar-refractivity contribution in [1.82, 2.24) is 9.71 Å². The maximum Gasteiger partial charge on any atom is 0.276 e. The van der Waals surface area contributed by atoms with Gasteiger partial charge in [-0.25, -0.2) is 18.1 Å². The lowest BCUT2D eigenvalue weighted by Crippen LogP contribution is -2.30. The minimum atomic E-state index is -4.02. The molecule has 0 spiro atoms. The first-order chi connectivity index (χ1) is 10.9. The molecular formula is C14H16N2O5S2. The van der Waals surface area contributed by atoms with Crippen LogP contribution in [0.2, 0.25) is 0 Å². The summed E-state index contributed by atoms with van der Waals surface area (Å²) in [4.78, 5) is 16.2. The van der Waals surface area contributed by atoms with Gasteiger partial charge in [-0.2, -0.15) is 0 Å². The Kier molecular flexibility index (Phi) is 5.22. The van der Waals surface area contributed by atoms with Gasteiger partial charge in [0.05, 0.1) is 30.3 Å². The lowest BCUT2D eigenvalue weighted by atomic mass is 10.3. The maximum absolute atomic E-state index is 12.3. The van der Waals surface area contributed by atoms with Gasteiger partial charge in [-0.1, -0.05) is 6.92 Å². The highest BCUT2D eigenvalue weighted by atomic mass is 32.2. The molecule has 0 unspecified atom stereocenters. The third-order valence-electron chi connectivity index (χ3n) is 2.97. The van der Waals surface area contributed by atoms with Gasteiger partial charge in [-0.15, -0.1) is 11.3 Å². The summed E-state index contributed by atoms with van der Waals surface area (Å²) in [5.41, 5.74) is 0. The smallest absolute Gasteiger partial charge is 0.276 e. The van der Waals surface area contributed by atoms with Crippen LogP contribution in [0.5, 0.6) is 11.5 Å². The molecule has 1 amide bonds. The fraction of sp³-hybridized carbons (Fsp3) is 0.286. The van der Waals surface area contributed by atoms with E-state index in [9.17, 15) is 13.2 Å². The SMILES string of the molecule is CCc1ncc(C(=O)NS(=O)(=O)c2ccc(OC)c(OC)c2)s1. The summed E-state index contributed by atoms with van der Waals surface area (Å²) < 4.78 is 36.8. The van der Waals surface area contributed by atoms with Crippen molar-refractivity contribution in [3.63, 3.8) is 0 Å². The molecule has 0 saturated heterocycles. The number of benzene rings is 1. The summed E-state index contributed by atoms with van der Waals surface area (Å²) in [6, 6.07) is 4.08. The number of aromatic nitrogens is 1. The van der Waals surface area contributed by atoms with Crippen LogP contribution in [0.4, 0.5) is 0 Å². The van der Waals surface area contributed by atoms with Crippen molar-refractivity contribution in [3.05, 3.63) is 34.3 Å². The predicted octanol–water partition coefficient (Wildman–Crippen LogP) is 1.84. The molecule has 23 heavy (non-hydrogen) atoms. The third kappa shape index (κ3) is 3.80. The Hall–Kier alpha value is -2.13. The monoisotopic (exact) mass is 356 g/mol. The number of nitrogens with one attached hydrogen (secondary N) is 1. The molecule has 2 rings (SSSR count). The van der Waals surface area contributed by atoms with Gasteiger partial charge in [0.25, 0.3) is 15.9 Å². The van der Waals surface area contributed by atoms with E-state index in [2.05, 4.69) is 4.98 Å². The van der Waals surface area contributed by atoms with E-state index in [4.69, 9.17) is 9.47 Å². The van der Waals surface area contributed by atoms with Gasteiger partial charge in [-0.3, -0.25) is 4.79 Å². The molecular weight excluding hydrogens is 340 g/mol. The Balaban J connectivity index is 2.26. The van der Waals surface area contributed by atoms with E-state index in [0.29, 0.717) is 12.2 Å². The molecule has 0 aliphatic carbocycles. The van der Waals surface area contributed by atoms with Gasteiger partial charge in [0, 0.05) is 6.07 Å². The van der Waals surface area contributed by atoms with E-state index in [-0.39, 0.29) is 15.5 Å². The summed E-state index contributed by atoms with van der Waals surface area (Å²) in [6.07, 6.45) is 2.04. The van der Waals surface area contributed by atoms with Crippen molar-refractivity contribution >= 4 is 27.3 Å². The summed E-state index contributed by atoms with van der Waals surface area (Å²) in [5.74, 6) is -0.0568. The molecule has 1 aromatic heterocycles. The van der Waals surface area contributed by atoms with Crippen molar-refractivity contribution < 1.29 is 22.7 Å². The van der Waals surface area contributed by atoms with Crippen LogP contribution < -0.4 is 14.2 Å². The van der Waals surface area contributed by atoms with Crippen LogP contribution in [0, 0.1) is 0 Å². The summed E-state index contributed by atoms with van der Waals surface area (Å²) in [6.45, 7) is 1.90. The van der Waals surface area contributed by atoms with Crippen LogP contribution in [0.1, 0.15) is 21.6 Å². The first kappa shape index (κ1) is 17.2. The molecule has 1 N–H and O–H groups in total. The highest BCUT2D eigenvalue weighted by Gasteiger charge is 2.21. The number of ether oxygens (including phenoxy) is 2. The van der Waals surface area contributed by atoms with E-state index in [1.165, 1.54) is 38.6 Å². The number of nitrogens with zero attached hydrogens (tertiary/aromatic N) is 1. The highest BCUT2D eigenvalue weighted by molar-refractivity contribution is 7.90. The normalized spacial score (nSPS) is 11.1. The van der Waals surface area contributed by atoms with Crippen LogP contribution in [0.15, 0.2) is 29.3 Å². The van der Waals surface area contributed by atoms with Crippen LogP contribution in [0.25, 0.3) is 0 Å². The van der Waals surface area contributed by atoms with Crippen molar-refractivity contribution in [3.8, 4) is 11.5 Å². The number of hydrogen-bond acceptors (Lipinski definition) is 7. The summed E-state index contributed by atoms with van der Waals surface area (Å²) in [5, 5.41) is 0.763. The zero-order valence-corrected chi connectivity index (χ0v) is 14.5. The van der Waals surface area contributed by atoms with Gasteiger partial charge in [0.2, 0.25) is 0 Å². The third-order valence-corrected chi connectivity index (χ3v) is 5.44. The van der Waals surface area contributed by atoms with Crippen LogP contribution in [-0.2, 0) is 16.4 Å². The second kappa shape index (κ2) is 6.97. The van der Waals surface area contributed by atoms with E-state index in [0.717, 1.165) is 16.3 Å². The molecule has 0 bridgehead atoms. The average Bonchev–Trinajstić information content (AvgIpc) is 3.03. The number of rotatable bonds is 6. The fourth-order valence-electron chi connectivity index (χ4n) is 1.79. The highest BCUT2D eigenvalue weighted by Crippen LogP contribution is 2.29. The number of carbonyl (C=O) groups excluding carboxylic acids is 1. The Labute approximate surface area is 138 Å². The molecule has 0 aliphatic heterocycles. The van der Waals surface area contributed by atoms with Crippen molar-refractivity contribution in [2.75, 3.05) is 14.2 Å². The quantitative estimate of drug-likeness (QED) is 0.849. The lowest BCUT2D eigenvalue weighted by Gasteiger charge is -2.10. The number of methoxy groups -OCH3 is 2. The molecule has 0 radical (unpaired) electrons. The van der Waals surface area contributed by atoms with Gasteiger partial charge >= 0.3 is 0 Å². The molecule has 7 nitrogen and oxygen atoms in total. The number of sulfonamides is 1. The second-order valence-corrected chi connectivity index (χ2v) is 7.22. The number of hydrogen-bond donors (Lipinski definition) is 1. The van der Waals surface area contributed by atoms with Crippen LogP contribution in [-0.4, -0.2) is 33.5 Å². The fourth-order valence-corrected chi connectivity index (χ4v) is 3.59. The van der Waals surface area contributed by atoms with Gasteiger partial charge in [-0.05, 0) is 18.6 Å². The van der Waals surface area contributed by atoms with Gasteiger partial charge < -0.3 is 9.47 Å². The topological polar surface area (TPSA) is 94.6 Å². The first-order valence-corrected chi connectivity index (χ1v) is 8.95. The zero-order valence-electron chi connectivity index (χ0n) is 12.8. The van der Waals surface area contributed by atoms with E-state index in [1.807, 2.05) is 11.6 Å². The zero-order chi connectivity index (χ0) is 17.0. The van der Waals surface area contributed by atoms with Crippen molar-refractivity contribution in [2.45, 2.75) is 18.2 Å². The van der Waals surface area contributed by atoms with E-state index < -0.39 is 15.9 Å². The molecule has 0 aliphatic rings. The standard InChI is InChI=1S/C14H16N2O5S2/c1-4-13-15-8-12(22-13)14(17)16-23(18,19)9-5-6-10(20-2)11(7-9)21-3/h5-8H,4H2,1-3H3,(H,16,17). The summed E-state index contributed by atoms with van der Waals surface area (Å²) in [7, 11) is -1.17. The number of thiazole rings is 1. The largest absolute Gasteiger partial charge is 0.493 e. The Morgan fingerprint density at radius 3 is 2.52 bits per heavy atom. The predicted molar refractivity (Wildman–Crippen MR) is 85.7 cm³/mol. The minimum absolute atomic E-state index is 0.0938. The van der Waals surface area contributed by atoms with Gasteiger partial charge in [0.15, 0.2) is 11.5 Å². The Morgan fingerprint density at radius 2 is 1.96 bits per heavy atom. The number of aryl methyl sites for hydroxylation is 1. The molecule has 124 valence electrons. The lowest BCUT2D eigenvalue weighted by molar-refractivity contribution is 0.0985. The average molecular weight is 356 g/mol. The Bertz CT molecular complexity index is 814. The molecule has 9 heteroatoms. The molecule has 0 saturated carbocycles. The minimum Gasteiger partial charge on any atom is -0.493 e. The maximum atomic E-state index is 12.3. The van der Waals surface area contributed by atoms with Crippen molar-refractivity contribution in [1.29, 1.82) is 0 Å². The Morgan fingerprint density at radius 1 is 1.26 bits per heavy atom. The molecule has 1 aromatic carbocycles. The van der Waals surface area contributed by atoms with Crippen molar-refractivity contribution in [2.24, 2.45) is 0 Å². The molecule has 0 fully saturated rings. The summed E-state index contributed by atoms with van der Waals surface area (Å²) >= 11 is 1.16.